The number of fused-ring (bicyclic) bond motifs is 1. The standard InChI is InChI=1S/C21H19FN2OS/c22-16-10-8-15(9-11-16)21-23-17(13-26-21)12-20(25)24-19-7-3-5-14-4-1-2-6-18(14)19/h3,5,7-11,13H,1-2,4,6,12H2,(H,24,25). The largest absolute Gasteiger partial charge is 0.325 e. The third kappa shape index (κ3) is 3.68. The lowest BCUT2D eigenvalue weighted by Crippen LogP contribution is -2.17. The molecule has 0 aliphatic heterocycles. The van der Waals surface area contributed by atoms with Crippen molar-refractivity contribution in [2.45, 2.75) is 32.1 Å². The van der Waals surface area contributed by atoms with Crippen LogP contribution >= 0.6 is 11.3 Å². The zero-order valence-corrected chi connectivity index (χ0v) is 15.1. The van der Waals surface area contributed by atoms with E-state index in [9.17, 15) is 9.18 Å². The smallest absolute Gasteiger partial charge is 0.230 e. The third-order valence-electron chi connectivity index (χ3n) is 4.65. The van der Waals surface area contributed by atoms with Crippen molar-refractivity contribution in [3.8, 4) is 10.6 Å². The van der Waals surface area contributed by atoms with Crippen molar-refractivity contribution < 1.29 is 9.18 Å². The molecular weight excluding hydrogens is 347 g/mol. The first-order chi connectivity index (χ1) is 12.7. The molecule has 2 aromatic carbocycles. The van der Waals surface area contributed by atoms with E-state index in [0.717, 1.165) is 34.8 Å². The van der Waals surface area contributed by atoms with Gasteiger partial charge in [0, 0.05) is 16.6 Å². The molecule has 1 aromatic heterocycles. The minimum atomic E-state index is -0.267. The second kappa shape index (κ2) is 7.38. The number of anilines is 1. The SMILES string of the molecule is O=C(Cc1csc(-c2ccc(F)cc2)n1)Nc1cccc2c1CCCC2. The molecule has 1 amide bonds. The van der Waals surface area contributed by atoms with Crippen LogP contribution in [0.25, 0.3) is 10.6 Å². The summed E-state index contributed by atoms with van der Waals surface area (Å²) in [6.45, 7) is 0. The molecule has 3 aromatic rings. The van der Waals surface area contributed by atoms with Crippen LogP contribution in [0.4, 0.5) is 10.1 Å². The summed E-state index contributed by atoms with van der Waals surface area (Å²) in [6.07, 6.45) is 4.74. The predicted molar refractivity (Wildman–Crippen MR) is 103 cm³/mol. The fourth-order valence-corrected chi connectivity index (χ4v) is 4.20. The summed E-state index contributed by atoms with van der Waals surface area (Å²) in [6, 6.07) is 12.4. The maximum Gasteiger partial charge on any atom is 0.230 e. The molecule has 0 saturated carbocycles. The fraction of sp³-hybridized carbons (Fsp3) is 0.238. The molecule has 5 heteroatoms. The maximum atomic E-state index is 13.0. The summed E-state index contributed by atoms with van der Waals surface area (Å²) in [5.41, 5.74) is 5.15. The van der Waals surface area contributed by atoms with E-state index in [1.807, 2.05) is 17.5 Å². The number of carbonyl (C=O) groups excluding carboxylic acids is 1. The molecular formula is C21H19FN2OS. The minimum Gasteiger partial charge on any atom is -0.325 e. The van der Waals surface area contributed by atoms with Crippen LogP contribution in [0.3, 0.4) is 0 Å². The van der Waals surface area contributed by atoms with Gasteiger partial charge in [-0.25, -0.2) is 9.37 Å². The van der Waals surface area contributed by atoms with E-state index in [1.165, 1.54) is 47.4 Å². The van der Waals surface area contributed by atoms with Gasteiger partial charge in [0.25, 0.3) is 0 Å². The number of benzene rings is 2. The van der Waals surface area contributed by atoms with Crippen LogP contribution in [0, 0.1) is 5.82 Å². The molecule has 0 unspecified atom stereocenters. The van der Waals surface area contributed by atoms with Gasteiger partial charge in [-0.15, -0.1) is 11.3 Å². The summed E-state index contributed by atoms with van der Waals surface area (Å²) in [4.78, 5) is 17.0. The Balaban J connectivity index is 1.45. The van der Waals surface area contributed by atoms with Gasteiger partial charge in [-0.05, 0) is 67.1 Å². The number of carbonyl (C=O) groups is 1. The van der Waals surface area contributed by atoms with E-state index >= 15 is 0 Å². The maximum absolute atomic E-state index is 13.0. The molecule has 0 fully saturated rings. The second-order valence-electron chi connectivity index (χ2n) is 6.53. The average molecular weight is 366 g/mol. The van der Waals surface area contributed by atoms with Gasteiger partial charge < -0.3 is 5.32 Å². The van der Waals surface area contributed by atoms with Gasteiger partial charge >= 0.3 is 0 Å². The van der Waals surface area contributed by atoms with Gasteiger partial charge in [-0.2, -0.15) is 0 Å². The summed E-state index contributed by atoms with van der Waals surface area (Å²) in [7, 11) is 0. The Labute approximate surface area is 155 Å². The van der Waals surface area contributed by atoms with E-state index in [0.29, 0.717) is 0 Å². The molecule has 1 N–H and O–H groups in total. The summed E-state index contributed by atoms with van der Waals surface area (Å²) < 4.78 is 13.0. The monoisotopic (exact) mass is 366 g/mol. The lowest BCUT2D eigenvalue weighted by atomic mass is 9.90. The molecule has 0 spiro atoms. The number of nitrogens with one attached hydrogen (secondary N) is 1. The first-order valence-corrected chi connectivity index (χ1v) is 9.68. The van der Waals surface area contributed by atoms with Crippen molar-refractivity contribution in [1.29, 1.82) is 0 Å². The first-order valence-electron chi connectivity index (χ1n) is 8.80. The molecule has 0 atom stereocenters. The van der Waals surface area contributed by atoms with E-state index in [1.54, 1.807) is 12.1 Å². The topological polar surface area (TPSA) is 42.0 Å². The van der Waals surface area contributed by atoms with Gasteiger partial charge in [0.05, 0.1) is 12.1 Å². The van der Waals surface area contributed by atoms with Crippen LogP contribution < -0.4 is 5.32 Å². The van der Waals surface area contributed by atoms with E-state index < -0.39 is 0 Å². The first kappa shape index (κ1) is 16.9. The van der Waals surface area contributed by atoms with Gasteiger partial charge in [0.2, 0.25) is 5.91 Å². The van der Waals surface area contributed by atoms with Crippen LogP contribution in [0.2, 0.25) is 0 Å². The van der Waals surface area contributed by atoms with Gasteiger partial charge in [-0.3, -0.25) is 4.79 Å². The average Bonchev–Trinajstić information content (AvgIpc) is 3.11. The van der Waals surface area contributed by atoms with Crippen molar-refractivity contribution in [2.24, 2.45) is 0 Å². The number of aryl methyl sites for hydroxylation is 1. The van der Waals surface area contributed by atoms with Crippen molar-refractivity contribution in [3.05, 3.63) is 70.5 Å². The number of thiazole rings is 1. The molecule has 0 radical (unpaired) electrons. The van der Waals surface area contributed by atoms with E-state index in [2.05, 4.69) is 16.4 Å². The Morgan fingerprint density at radius 1 is 1.12 bits per heavy atom. The highest BCUT2D eigenvalue weighted by Gasteiger charge is 2.15. The van der Waals surface area contributed by atoms with Gasteiger partial charge in [0.1, 0.15) is 10.8 Å². The molecule has 0 saturated heterocycles. The number of hydrogen-bond acceptors (Lipinski definition) is 3. The van der Waals surface area contributed by atoms with Crippen molar-refractivity contribution >= 4 is 22.9 Å². The molecule has 1 heterocycles. The highest BCUT2D eigenvalue weighted by atomic mass is 32.1. The Hall–Kier alpha value is -2.53. The lowest BCUT2D eigenvalue weighted by Gasteiger charge is -2.19. The summed E-state index contributed by atoms with van der Waals surface area (Å²) >= 11 is 1.47. The van der Waals surface area contributed by atoms with Crippen LogP contribution in [0.5, 0.6) is 0 Å². The van der Waals surface area contributed by atoms with Gasteiger partial charge in [-0.1, -0.05) is 12.1 Å². The highest BCUT2D eigenvalue weighted by molar-refractivity contribution is 7.13. The molecule has 1 aliphatic carbocycles. The number of aromatic nitrogens is 1. The fourth-order valence-electron chi connectivity index (χ4n) is 3.37. The van der Waals surface area contributed by atoms with E-state index in [-0.39, 0.29) is 18.1 Å². The molecule has 3 nitrogen and oxygen atoms in total. The van der Waals surface area contributed by atoms with Crippen LogP contribution in [-0.2, 0) is 24.1 Å². The Morgan fingerprint density at radius 3 is 2.77 bits per heavy atom. The predicted octanol–water partition coefficient (Wildman–Crippen LogP) is 5.01. The van der Waals surface area contributed by atoms with Crippen molar-refractivity contribution in [2.75, 3.05) is 5.32 Å². The van der Waals surface area contributed by atoms with Crippen LogP contribution in [-0.4, -0.2) is 10.9 Å². The number of hydrogen-bond donors (Lipinski definition) is 1. The Bertz CT molecular complexity index is 933. The number of amides is 1. The van der Waals surface area contributed by atoms with Crippen molar-refractivity contribution in [1.82, 2.24) is 4.98 Å². The Kier molecular flexibility index (Phi) is 4.80. The summed E-state index contributed by atoms with van der Waals surface area (Å²) in [5, 5.41) is 5.73. The van der Waals surface area contributed by atoms with Crippen molar-refractivity contribution in [3.63, 3.8) is 0 Å². The lowest BCUT2D eigenvalue weighted by molar-refractivity contribution is -0.115. The zero-order valence-electron chi connectivity index (χ0n) is 14.3. The van der Waals surface area contributed by atoms with E-state index in [4.69, 9.17) is 0 Å². The third-order valence-corrected chi connectivity index (χ3v) is 5.59. The molecule has 132 valence electrons. The van der Waals surface area contributed by atoms with Crippen LogP contribution in [0.15, 0.2) is 47.8 Å². The highest BCUT2D eigenvalue weighted by Crippen LogP contribution is 2.28. The summed E-state index contributed by atoms with van der Waals surface area (Å²) in [5.74, 6) is -0.323. The van der Waals surface area contributed by atoms with Gasteiger partial charge in [0.15, 0.2) is 0 Å². The second-order valence-corrected chi connectivity index (χ2v) is 7.38. The van der Waals surface area contributed by atoms with Crippen LogP contribution in [0.1, 0.15) is 29.7 Å². The molecule has 1 aliphatic rings. The quantitative estimate of drug-likeness (QED) is 0.705. The number of nitrogens with zero attached hydrogens (tertiary/aromatic N) is 1. The zero-order chi connectivity index (χ0) is 17.9. The Morgan fingerprint density at radius 2 is 1.92 bits per heavy atom. The number of rotatable bonds is 4. The molecule has 26 heavy (non-hydrogen) atoms. The number of halogens is 1. The molecule has 0 bridgehead atoms. The minimum absolute atomic E-state index is 0.0556. The normalized spacial score (nSPS) is 13.3. The molecule has 4 rings (SSSR count).